The Balaban J connectivity index is 0.000000162. The van der Waals surface area contributed by atoms with E-state index < -0.39 is 20.8 Å². The van der Waals surface area contributed by atoms with Gasteiger partial charge in [0.1, 0.15) is 0 Å². The van der Waals surface area contributed by atoms with E-state index in [1.54, 1.807) is 0 Å². The molecular formula is C42H38Cl2N2SiZr. The summed E-state index contributed by atoms with van der Waals surface area (Å²) in [5.41, 5.74) is 7.38. The average molecular weight is 761 g/mol. The minimum absolute atomic E-state index is 0.826. The molecule has 0 fully saturated rings. The monoisotopic (exact) mass is 758 g/mol. The van der Waals surface area contributed by atoms with Crippen molar-refractivity contribution in [3.63, 3.8) is 0 Å². The summed E-state index contributed by atoms with van der Waals surface area (Å²) in [7, 11) is 11.0. The van der Waals surface area contributed by atoms with E-state index in [-0.39, 0.29) is 0 Å². The zero-order valence-electron chi connectivity index (χ0n) is 27.8. The van der Waals surface area contributed by atoms with Crippen LogP contribution in [0.2, 0.25) is 13.1 Å². The molecule has 0 aliphatic carbocycles. The predicted octanol–water partition coefficient (Wildman–Crippen LogP) is 12.8. The van der Waals surface area contributed by atoms with Gasteiger partial charge in [0.25, 0.3) is 0 Å². The molecule has 0 aliphatic heterocycles. The molecule has 0 unspecified atom stereocenters. The molecule has 0 spiro atoms. The summed E-state index contributed by atoms with van der Waals surface area (Å²) in [6.07, 6.45) is 5.94. The molecule has 2 radical (unpaired) electrons. The van der Waals surface area contributed by atoms with Crippen molar-refractivity contribution >= 4 is 69.6 Å². The molecule has 2 nitrogen and oxygen atoms in total. The Morgan fingerprint density at radius 1 is 0.562 bits per heavy atom. The summed E-state index contributed by atoms with van der Waals surface area (Å²) in [4.78, 5) is 9.32. The van der Waals surface area contributed by atoms with Crippen LogP contribution in [0.3, 0.4) is 0 Å². The fraction of sp³-hybridized carbons (Fsp3) is 0.143. The molecule has 0 bridgehead atoms. The van der Waals surface area contributed by atoms with Crippen LogP contribution < -0.4 is 0 Å². The van der Waals surface area contributed by atoms with Crippen LogP contribution in [-0.2, 0) is 33.7 Å². The van der Waals surface area contributed by atoms with Gasteiger partial charge < -0.3 is 0 Å². The van der Waals surface area contributed by atoms with E-state index in [1.165, 1.54) is 65.3 Å². The van der Waals surface area contributed by atoms with Crippen molar-refractivity contribution in [3.05, 3.63) is 145 Å². The maximum absolute atomic E-state index is 4.93. The summed E-state index contributed by atoms with van der Waals surface area (Å²) >= 11 is -0.826. The third-order valence-electron chi connectivity index (χ3n) is 8.29. The Bertz CT molecular complexity index is 2070. The van der Waals surface area contributed by atoms with E-state index in [2.05, 4.69) is 158 Å². The van der Waals surface area contributed by atoms with Crippen molar-refractivity contribution in [1.82, 2.24) is 9.97 Å². The third-order valence-corrected chi connectivity index (χ3v) is 8.29. The molecule has 48 heavy (non-hydrogen) atoms. The number of aromatic nitrogens is 2. The maximum atomic E-state index is 4.93. The second-order valence-corrected chi connectivity index (χ2v) is 16.1. The summed E-state index contributed by atoms with van der Waals surface area (Å²) < 4.78 is 0. The van der Waals surface area contributed by atoms with Crippen molar-refractivity contribution in [3.8, 4) is 22.5 Å². The van der Waals surface area contributed by atoms with Crippen molar-refractivity contribution < 1.29 is 20.8 Å². The van der Waals surface area contributed by atoms with Gasteiger partial charge in [-0.1, -0.05) is 87.6 Å². The number of fused-ring (bicyclic) bond motifs is 4. The van der Waals surface area contributed by atoms with Crippen LogP contribution in [0.25, 0.3) is 65.6 Å². The quantitative estimate of drug-likeness (QED) is 0.132. The Hall–Kier alpha value is -3.40. The Labute approximate surface area is 305 Å². The molecule has 8 rings (SSSR count). The molecule has 0 saturated heterocycles. The van der Waals surface area contributed by atoms with Crippen LogP contribution in [0, 0.1) is 0 Å². The van der Waals surface area contributed by atoms with Gasteiger partial charge >= 0.3 is 37.9 Å². The van der Waals surface area contributed by atoms with E-state index in [9.17, 15) is 0 Å². The second kappa shape index (κ2) is 17.8. The van der Waals surface area contributed by atoms with Crippen molar-refractivity contribution in [2.75, 3.05) is 0 Å². The van der Waals surface area contributed by atoms with Gasteiger partial charge in [0, 0.05) is 32.7 Å². The molecule has 238 valence electrons. The molecule has 6 heteroatoms. The van der Waals surface area contributed by atoms with E-state index in [1.807, 2.05) is 12.4 Å². The van der Waals surface area contributed by atoms with Gasteiger partial charge in [-0.25, -0.2) is 0 Å². The number of aryl methyl sites for hydroxylation is 2. The average Bonchev–Trinajstić information content (AvgIpc) is 3.76. The van der Waals surface area contributed by atoms with Crippen molar-refractivity contribution in [2.24, 2.45) is 0 Å². The molecule has 0 amide bonds. The normalized spacial score (nSPS) is 10.5. The first-order valence-corrected chi connectivity index (χ1v) is 24.5. The second-order valence-electron chi connectivity index (χ2n) is 11.4. The van der Waals surface area contributed by atoms with Crippen LogP contribution in [0.5, 0.6) is 0 Å². The summed E-state index contributed by atoms with van der Waals surface area (Å²) in [6, 6.07) is 43.2. The van der Waals surface area contributed by atoms with Crippen molar-refractivity contribution in [1.29, 1.82) is 0 Å². The number of nitrogens with zero attached hydrogens (tertiary/aromatic N) is 2. The molecule has 2 heterocycles. The molecule has 0 atom stereocenters. The van der Waals surface area contributed by atoms with E-state index >= 15 is 0 Å². The SMILES string of the molecule is CCc1cc2c(-c3nccc4ccccc34)cccc2[cH-]1.CCc1cc2c(-c3nccc4ccccc34)cccc2[cH-]1.C[Si]C.[Cl][Zr+2][Cl]. The van der Waals surface area contributed by atoms with E-state index in [0.717, 1.165) is 33.7 Å². The number of hydrogen-bond acceptors (Lipinski definition) is 2. The van der Waals surface area contributed by atoms with Gasteiger partial charge in [0.2, 0.25) is 0 Å². The third kappa shape index (κ3) is 8.24. The molecule has 0 aliphatic rings. The molecule has 0 N–H and O–H groups in total. The Kier molecular flexibility index (Phi) is 13.3. The first-order chi connectivity index (χ1) is 23.6. The topological polar surface area (TPSA) is 25.8 Å². The van der Waals surface area contributed by atoms with Gasteiger partial charge in [-0.2, -0.15) is 12.1 Å². The number of halogens is 2. The van der Waals surface area contributed by atoms with Crippen LogP contribution in [0.1, 0.15) is 25.0 Å². The summed E-state index contributed by atoms with van der Waals surface area (Å²) in [6.45, 7) is 8.70. The zero-order valence-corrected chi connectivity index (χ0v) is 32.7. The molecule has 2 aromatic heterocycles. The van der Waals surface area contributed by atoms with Gasteiger partial charge in [-0.3, -0.25) is 9.97 Å². The molecule has 0 saturated carbocycles. The number of benzene rings is 4. The van der Waals surface area contributed by atoms with E-state index in [0.29, 0.717) is 0 Å². The van der Waals surface area contributed by atoms with Crippen LogP contribution in [0.4, 0.5) is 0 Å². The summed E-state index contributed by atoms with van der Waals surface area (Å²) in [5, 5.41) is 10.1. The Morgan fingerprint density at radius 2 is 0.958 bits per heavy atom. The number of pyridine rings is 2. The van der Waals surface area contributed by atoms with Gasteiger partial charge in [-0.15, -0.1) is 69.1 Å². The minimum atomic E-state index is -0.826. The fourth-order valence-corrected chi connectivity index (χ4v) is 6.08. The molecule has 6 aromatic carbocycles. The first kappa shape index (κ1) is 35.9. The molecular weight excluding hydrogens is 723 g/mol. The van der Waals surface area contributed by atoms with Crippen LogP contribution in [0.15, 0.2) is 134 Å². The number of hydrogen-bond donors (Lipinski definition) is 0. The zero-order chi connectivity index (χ0) is 33.9. The standard InChI is InChI=1S/2C20H16N.C2H6Si.2ClH.Zr/c2*1-2-14-12-16-7-5-9-18(19(16)13-14)20-17-8-4-3-6-15(17)10-11-21-20;1-3-2;;;/h2*3-13H,2H2,1H3;1-2H3;2*1H;/q2*-1;;;;+4/p-2. The predicted molar refractivity (Wildman–Crippen MR) is 208 cm³/mol. The Morgan fingerprint density at radius 3 is 1.35 bits per heavy atom. The van der Waals surface area contributed by atoms with E-state index in [4.69, 9.17) is 17.0 Å². The number of rotatable bonds is 4. The first-order valence-electron chi connectivity index (χ1n) is 16.2. The van der Waals surface area contributed by atoms with Gasteiger partial charge in [0.05, 0.1) is 11.4 Å². The fourth-order valence-electron chi connectivity index (χ4n) is 6.08. The van der Waals surface area contributed by atoms with Gasteiger partial charge in [0.15, 0.2) is 0 Å². The molecule has 8 aromatic rings. The van der Waals surface area contributed by atoms with Crippen molar-refractivity contribution in [2.45, 2.75) is 39.8 Å². The van der Waals surface area contributed by atoms with Crippen LogP contribution >= 0.6 is 17.0 Å². The summed E-state index contributed by atoms with van der Waals surface area (Å²) in [5.74, 6) is 0. The van der Waals surface area contributed by atoms with Gasteiger partial charge in [-0.05, 0) is 46.9 Å². The van der Waals surface area contributed by atoms with Crippen LogP contribution in [-0.4, -0.2) is 19.5 Å².